The van der Waals surface area contributed by atoms with Crippen LogP contribution in [0.2, 0.25) is 0 Å². The lowest BCUT2D eigenvalue weighted by Gasteiger charge is -2.14. The molecule has 150 valence electrons. The van der Waals surface area contributed by atoms with Crippen molar-refractivity contribution in [1.82, 2.24) is 10.3 Å². The number of hydrogen-bond acceptors (Lipinski definition) is 8. The van der Waals surface area contributed by atoms with Crippen molar-refractivity contribution in [1.29, 1.82) is 5.26 Å². The highest BCUT2D eigenvalue weighted by molar-refractivity contribution is 8.18. The lowest BCUT2D eigenvalue weighted by atomic mass is 10.1. The van der Waals surface area contributed by atoms with Crippen molar-refractivity contribution in [3.63, 3.8) is 0 Å². The van der Waals surface area contributed by atoms with Crippen LogP contribution in [-0.4, -0.2) is 51.6 Å². The Labute approximate surface area is 171 Å². The van der Waals surface area contributed by atoms with Crippen molar-refractivity contribution in [3.05, 3.63) is 40.4 Å². The first-order valence-corrected chi connectivity index (χ1v) is 9.76. The first kappa shape index (κ1) is 20.8. The number of ether oxygens (including phenoxy) is 1. The molecule has 0 atom stereocenters. The lowest BCUT2D eigenvalue weighted by molar-refractivity contribution is -0.115. The third-order valence-corrected chi connectivity index (χ3v) is 4.91. The van der Waals surface area contributed by atoms with E-state index in [0.717, 1.165) is 17.3 Å². The standard InChI is InChI=1S/C20H20N4O4S/c1-11(2)28-18-13(7-21)8-22-16-4-3-12(5-15(16)18)6-17-19(27)24-20(29-17)23-14(9-25)10-26/h3-6,8,11,14,25-26H,9-10H2,1-2H3,(H,23,24,27)/b17-6-. The van der Waals surface area contributed by atoms with Crippen LogP contribution < -0.4 is 10.1 Å². The van der Waals surface area contributed by atoms with E-state index in [1.165, 1.54) is 6.20 Å². The summed E-state index contributed by atoms with van der Waals surface area (Å²) in [5, 5.41) is 31.3. The first-order valence-electron chi connectivity index (χ1n) is 8.95. The molecule has 1 aliphatic rings. The van der Waals surface area contributed by atoms with Gasteiger partial charge in [-0.15, -0.1) is 0 Å². The van der Waals surface area contributed by atoms with Crippen LogP contribution in [0.25, 0.3) is 17.0 Å². The maximum Gasteiger partial charge on any atom is 0.264 e. The number of carbonyl (C=O) groups is 1. The van der Waals surface area contributed by atoms with Gasteiger partial charge in [0.1, 0.15) is 17.4 Å². The van der Waals surface area contributed by atoms with Gasteiger partial charge in [0.05, 0.1) is 35.8 Å². The van der Waals surface area contributed by atoms with Crippen molar-refractivity contribution in [2.75, 3.05) is 13.2 Å². The molecule has 0 aliphatic carbocycles. The maximum atomic E-state index is 12.2. The van der Waals surface area contributed by atoms with Crippen LogP contribution in [0.1, 0.15) is 25.0 Å². The van der Waals surface area contributed by atoms with Gasteiger partial charge in [0.2, 0.25) is 0 Å². The van der Waals surface area contributed by atoms with Gasteiger partial charge < -0.3 is 20.3 Å². The number of amides is 1. The van der Waals surface area contributed by atoms with Crippen LogP contribution in [0.5, 0.6) is 5.75 Å². The average molecular weight is 412 g/mol. The van der Waals surface area contributed by atoms with Gasteiger partial charge in [-0.3, -0.25) is 14.8 Å². The molecule has 0 bridgehead atoms. The van der Waals surface area contributed by atoms with Gasteiger partial charge in [-0.1, -0.05) is 6.07 Å². The van der Waals surface area contributed by atoms with Crippen LogP contribution in [0.4, 0.5) is 0 Å². The fourth-order valence-corrected chi connectivity index (χ4v) is 3.56. The highest BCUT2D eigenvalue weighted by Gasteiger charge is 2.24. The molecular formula is C20H20N4O4S. The Hall–Kier alpha value is -2.93. The zero-order chi connectivity index (χ0) is 21.0. The van der Waals surface area contributed by atoms with E-state index >= 15 is 0 Å². The van der Waals surface area contributed by atoms with Gasteiger partial charge >= 0.3 is 0 Å². The molecular weight excluding hydrogens is 392 g/mol. The van der Waals surface area contributed by atoms with Gasteiger partial charge in [0, 0.05) is 11.6 Å². The maximum absolute atomic E-state index is 12.2. The summed E-state index contributed by atoms with van der Waals surface area (Å²) >= 11 is 1.13. The van der Waals surface area contributed by atoms with E-state index in [1.807, 2.05) is 26.0 Å². The van der Waals surface area contributed by atoms with Crippen LogP contribution in [-0.2, 0) is 4.79 Å². The number of fused-ring (bicyclic) bond motifs is 1. The fourth-order valence-electron chi connectivity index (χ4n) is 2.66. The van der Waals surface area contributed by atoms with Gasteiger partial charge in [-0.25, -0.2) is 0 Å². The molecule has 29 heavy (non-hydrogen) atoms. The highest BCUT2D eigenvalue weighted by atomic mass is 32.2. The number of benzene rings is 1. The molecule has 1 aromatic carbocycles. The van der Waals surface area contributed by atoms with Gasteiger partial charge in [-0.05, 0) is 49.4 Å². The third kappa shape index (κ3) is 4.74. The third-order valence-electron chi connectivity index (χ3n) is 3.99. The van der Waals surface area contributed by atoms with E-state index in [4.69, 9.17) is 14.9 Å². The summed E-state index contributed by atoms with van der Waals surface area (Å²) in [6.45, 7) is 3.14. The molecule has 8 nitrogen and oxygen atoms in total. The molecule has 0 spiro atoms. The Balaban J connectivity index is 1.98. The summed E-state index contributed by atoms with van der Waals surface area (Å²) in [6.07, 6.45) is 3.07. The Morgan fingerprint density at radius 1 is 1.38 bits per heavy atom. The first-order chi connectivity index (χ1) is 13.9. The normalized spacial score (nSPS) is 16.8. The minimum atomic E-state index is -0.677. The molecule has 0 unspecified atom stereocenters. The largest absolute Gasteiger partial charge is 0.489 e. The van der Waals surface area contributed by atoms with Gasteiger partial charge in [0.15, 0.2) is 5.17 Å². The monoisotopic (exact) mass is 412 g/mol. The summed E-state index contributed by atoms with van der Waals surface area (Å²) in [7, 11) is 0. The Bertz CT molecular complexity index is 1040. The van der Waals surface area contributed by atoms with Gasteiger partial charge in [0.25, 0.3) is 5.91 Å². The summed E-state index contributed by atoms with van der Waals surface area (Å²) in [4.78, 5) is 21.1. The predicted molar refractivity (Wildman–Crippen MR) is 111 cm³/mol. The Kier molecular flexibility index (Phi) is 6.49. The average Bonchev–Trinajstić information content (AvgIpc) is 3.05. The molecule has 1 amide bonds. The number of aliphatic hydroxyl groups is 2. The minimum absolute atomic E-state index is 0.115. The van der Waals surface area contributed by atoms with Gasteiger partial charge in [-0.2, -0.15) is 5.26 Å². The summed E-state index contributed by atoms with van der Waals surface area (Å²) < 4.78 is 5.85. The topological polar surface area (TPSA) is 128 Å². The number of amidine groups is 1. The number of nitriles is 1. The second-order valence-corrected chi connectivity index (χ2v) is 7.60. The predicted octanol–water partition coefficient (Wildman–Crippen LogP) is 1.81. The molecule has 1 fully saturated rings. The quantitative estimate of drug-likeness (QED) is 0.617. The number of thioether (sulfide) groups is 1. The van der Waals surface area contributed by atoms with Crippen molar-refractivity contribution in [2.24, 2.45) is 4.99 Å². The molecule has 2 heterocycles. The van der Waals surface area contributed by atoms with E-state index in [1.54, 1.807) is 12.1 Å². The zero-order valence-corrected chi connectivity index (χ0v) is 16.7. The molecule has 0 radical (unpaired) electrons. The smallest absolute Gasteiger partial charge is 0.264 e. The number of pyridine rings is 1. The second-order valence-electron chi connectivity index (χ2n) is 6.57. The van der Waals surface area contributed by atoms with Crippen molar-refractivity contribution in [3.8, 4) is 11.8 Å². The number of rotatable bonds is 6. The van der Waals surface area contributed by atoms with Crippen molar-refractivity contribution < 1.29 is 19.7 Å². The number of hydrogen-bond donors (Lipinski definition) is 3. The van der Waals surface area contributed by atoms with E-state index in [2.05, 4.69) is 21.4 Å². The van der Waals surface area contributed by atoms with E-state index in [9.17, 15) is 10.1 Å². The Morgan fingerprint density at radius 2 is 2.14 bits per heavy atom. The number of aliphatic hydroxyl groups excluding tert-OH is 2. The molecule has 9 heteroatoms. The number of aliphatic imine (C=N–C) groups is 1. The van der Waals surface area contributed by atoms with Crippen LogP contribution in [0.15, 0.2) is 34.3 Å². The number of nitrogens with zero attached hydrogens (tertiary/aromatic N) is 3. The fraction of sp³-hybridized carbons (Fsp3) is 0.300. The number of aromatic nitrogens is 1. The van der Waals surface area contributed by atoms with E-state index in [-0.39, 0.29) is 25.2 Å². The molecule has 1 aliphatic heterocycles. The zero-order valence-electron chi connectivity index (χ0n) is 15.9. The summed E-state index contributed by atoms with van der Waals surface area (Å²) in [6, 6.07) is 6.87. The summed E-state index contributed by atoms with van der Waals surface area (Å²) in [5.41, 5.74) is 1.77. The number of carbonyl (C=O) groups excluding carboxylic acids is 1. The van der Waals surface area contributed by atoms with Crippen molar-refractivity contribution >= 4 is 39.8 Å². The van der Waals surface area contributed by atoms with Crippen LogP contribution in [0, 0.1) is 11.3 Å². The minimum Gasteiger partial charge on any atom is -0.489 e. The van der Waals surface area contributed by atoms with E-state index < -0.39 is 6.04 Å². The lowest BCUT2D eigenvalue weighted by Crippen LogP contribution is -2.24. The molecule has 3 N–H and O–H groups in total. The molecule has 3 rings (SSSR count). The Morgan fingerprint density at radius 3 is 2.79 bits per heavy atom. The number of nitrogens with one attached hydrogen (secondary N) is 1. The van der Waals surface area contributed by atoms with Crippen molar-refractivity contribution in [2.45, 2.75) is 26.0 Å². The molecule has 0 saturated carbocycles. The van der Waals surface area contributed by atoms with Crippen LogP contribution in [0.3, 0.4) is 0 Å². The van der Waals surface area contributed by atoms with E-state index in [0.29, 0.717) is 32.3 Å². The SMILES string of the molecule is CC(C)Oc1c(C#N)cnc2ccc(/C=C3\SC(=NC(CO)CO)NC3=O)cc12. The highest BCUT2D eigenvalue weighted by Crippen LogP contribution is 2.32. The summed E-state index contributed by atoms with van der Waals surface area (Å²) in [5.74, 6) is 0.151. The second kappa shape index (κ2) is 9.05. The van der Waals surface area contributed by atoms with Crippen LogP contribution >= 0.6 is 11.8 Å². The molecule has 1 saturated heterocycles. The molecule has 1 aromatic heterocycles. The molecule has 2 aromatic rings.